The van der Waals surface area contributed by atoms with Gasteiger partial charge in [-0.15, -0.1) is 0 Å². The van der Waals surface area contributed by atoms with Gasteiger partial charge in [0.1, 0.15) is 11.5 Å². The van der Waals surface area contributed by atoms with Crippen LogP contribution in [0.5, 0.6) is 0 Å². The number of carbonyl (C=O) groups excluding carboxylic acids is 1. The van der Waals surface area contributed by atoms with E-state index in [-0.39, 0.29) is 0 Å². The molecule has 1 rings (SSSR count). The van der Waals surface area contributed by atoms with Crippen molar-refractivity contribution in [1.82, 2.24) is 0 Å². The van der Waals surface area contributed by atoms with Crippen molar-refractivity contribution in [3.63, 3.8) is 0 Å². The molecule has 0 atom stereocenters. The van der Waals surface area contributed by atoms with Gasteiger partial charge in [-0.25, -0.2) is 0 Å². The zero-order chi connectivity index (χ0) is 8.59. The molecular weight excluding hydrogens is 152 g/mol. The van der Waals surface area contributed by atoms with Crippen LogP contribution in [0.2, 0.25) is 0 Å². The monoisotopic (exact) mass is 158 g/mol. The molecule has 1 aliphatic carbocycles. The summed E-state index contributed by atoms with van der Waals surface area (Å²) < 4.78 is 0. The van der Waals surface area contributed by atoms with Gasteiger partial charge in [0, 0.05) is 0 Å². The average molecular weight is 158 g/mol. The third-order valence-corrected chi connectivity index (χ3v) is 1.31. The van der Waals surface area contributed by atoms with Gasteiger partial charge < -0.3 is 20.4 Å². The third kappa shape index (κ3) is 1.000. The van der Waals surface area contributed by atoms with Crippen LogP contribution in [0.1, 0.15) is 6.42 Å². The van der Waals surface area contributed by atoms with E-state index < -0.39 is 35.2 Å². The number of hydrogen-bond donors (Lipinski definition) is 4. The van der Waals surface area contributed by atoms with E-state index in [1.807, 2.05) is 0 Å². The summed E-state index contributed by atoms with van der Waals surface area (Å²) in [4.78, 5) is 10.6. The smallest absolute Gasteiger partial charge is 0.268 e. The normalized spacial score (nSPS) is 19.5. The van der Waals surface area contributed by atoms with Crippen LogP contribution in [0.25, 0.3) is 0 Å². The fourth-order valence-corrected chi connectivity index (χ4v) is 0.700. The number of ketones is 1. The van der Waals surface area contributed by atoms with E-state index in [0.717, 1.165) is 0 Å². The molecular formula is C6H6O5. The lowest BCUT2D eigenvalue weighted by Crippen LogP contribution is -2.16. The van der Waals surface area contributed by atoms with Crippen LogP contribution in [-0.4, -0.2) is 26.2 Å². The second-order valence-electron chi connectivity index (χ2n) is 2.10. The summed E-state index contributed by atoms with van der Waals surface area (Å²) in [6.45, 7) is 0. The molecule has 5 heteroatoms. The van der Waals surface area contributed by atoms with Gasteiger partial charge in [0.2, 0.25) is 11.5 Å². The predicted molar refractivity (Wildman–Crippen MR) is 34.2 cm³/mol. The van der Waals surface area contributed by atoms with Crippen LogP contribution < -0.4 is 0 Å². The molecule has 5 nitrogen and oxygen atoms in total. The molecule has 0 saturated carbocycles. The fourth-order valence-electron chi connectivity index (χ4n) is 0.700. The first-order chi connectivity index (χ1) is 5.04. The lowest BCUT2D eigenvalue weighted by atomic mass is 10.1. The number of rotatable bonds is 0. The Morgan fingerprint density at radius 1 is 0.909 bits per heavy atom. The summed E-state index contributed by atoms with van der Waals surface area (Å²) in [6, 6.07) is 0. The highest BCUT2D eigenvalue weighted by Gasteiger charge is 2.27. The maximum Gasteiger partial charge on any atom is 0.268 e. The van der Waals surface area contributed by atoms with Gasteiger partial charge in [-0.1, -0.05) is 0 Å². The second-order valence-corrected chi connectivity index (χ2v) is 2.10. The number of aliphatic hydroxyl groups excluding tert-OH is 4. The molecule has 0 heterocycles. The summed E-state index contributed by atoms with van der Waals surface area (Å²) in [5.74, 6) is -4.26. The topological polar surface area (TPSA) is 98.0 Å². The van der Waals surface area contributed by atoms with Gasteiger partial charge in [0.25, 0.3) is 5.78 Å². The van der Waals surface area contributed by atoms with Gasteiger partial charge in [-0.3, -0.25) is 4.79 Å². The van der Waals surface area contributed by atoms with Crippen molar-refractivity contribution in [3.05, 3.63) is 23.0 Å². The van der Waals surface area contributed by atoms with Crippen LogP contribution in [0.4, 0.5) is 0 Å². The minimum atomic E-state index is -1.16. The first-order valence-corrected chi connectivity index (χ1v) is 2.81. The van der Waals surface area contributed by atoms with Crippen LogP contribution in [0.15, 0.2) is 23.0 Å². The Balaban J connectivity index is 3.09. The van der Waals surface area contributed by atoms with Crippen molar-refractivity contribution in [1.29, 1.82) is 0 Å². The minimum Gasteiger partial charge on any atom is -0.508 e. The van der Waals surface area contributed by atoms with Crippen molar-refractivity contribution < 1.29 is 25.2 Å². The van der Waals surface area contributed by atoms with E-state index >= 15 is 0 Å². The van der Waals surface area contributed by atoms with Crippen molar-refractivity contribution in [2.45, 2.75) is 6.42 Å². The molecule has 0 aromatic heterocycles. The number of Topliss-reactive ketones (excluding diaryl/α,β-unsaturated/α-hetero) is 1. The molecule has 60 valence electrons. The predicted octanol–water partition coefficient (Wildman–Crippen LogP) is 0.614. The number of hydrogen-bond acceptors (Lipinski definition) is 5. The number of aliphatic hydroxyl groups is 4. The standard InChI is InChI=1S/C6H6O5/c7-2-1-3(8)5(10)6(11)4(2)9/h7-10H,1H2. The highest BCUT2D eigenvalue weighted by Crippen LogP contribution is 2.20. The van der Waals surface area contributed by atoms with Crippen molar-refractivity contribution in [3.8, 4) is 0 Å². The van der Waals surface area contributed by atoms with Crippen molar-refractivity contribution in [2.75, 3.05) is 0 Å². The van der Waals surface area contributed by atoms with Gasteiger partial charge in [-0.2, -0.15) is 0 Å². The van der Waals surface area contributed by atoms with Gasteiger partial charge in [0.05, 0.1) is 6.42 Å². The fraction of sp³-hybridized carbons (Fsp3) is 0.167. The molecule has 4 N–H and O–H groups in total. The molecule has 0 bridgehead atoms. The quantitative estimate of drug-likeness (QED) is 0.414. The zero-order valence-corrected chi connectivity index (χ0v) is 5.40. The molecule has 1 aliphatic rings. The molecule has 0 radical (unpaired) electrons. The number of carbonyl (C=O) groups is 1. The first-order valence-electron chi connectivity index (χ1n) is 2.81. The van der Waals surface area contributed by atoms with Gasteiger partial charge in [-0.05, 0) is 0 Å². The largest absolute Gasteiger partial charge is 0.508 e. The van der Waals surface area contributed by atoms with Gasteiger partial charge >= 0.3 is 0 Å². The molecule has 11 heavy (non-hydrogen) atoms. The van der Waals surface area contributed by atoms with E-state index in [1.54, 1.807) is 0 Å². The molecule has 0 spiro atoms. The summed E-state index contributed by atoms with van der Waals surface area (Å²) in [5, 5.41) is 34.9. The summed E-state index contributed by atoms with van der Waals surface area (Å²) >= 11 is 0. The second kappa shape index (κ2) is 2.19. The van der Waals surface area contributed by atoms with Crippen LogP contribution >= 0.6 is 0 Å². The van der Waals surface area contributed by atoms with Gasteiger partial charge in [0.15, 0.2) is 0 Å². The maximum absolute atomic E-state index is 10.6. The molecule has 0 aliphatic heterocycles. The molecule has 0 aromatic carbocycles. The third-order valence-electron chi connectivity index (χ3n) is 1.31. The lowest BCUT2D eigenvalue weighted by molar-refractivity contribution is -0.118. The molecule has 0 saturated heterocycles. The highest BCUT2D eigenvalue weighted by atomic mass is 16.3. The molecule has 0 fully saturated rings. The van der Waals surface area contributed by atoms with E-state index in [4.69, 9.17) is 20.4 Å². The Labute approximate surface area is 61.5 Å². The molecule has 0 aromatic rings. The Morgan fingerprint density at radius 2 is 1.27 bits per heavy atom. The van der Waals surface area contributed by atoms with Crippen LogP contribution in [0.3, 0.4) is 0 Å². The minimum absolute atomic E-state index is 0.413. The Hall–Kier alpha value is -1.65. The molecule has 0 amide bonds. The lowest BCUT2D eigenvalue weighted by Gasteiger charge is -2.10. The first kappa shape index (κ1) is 7.46. The summed E-state index contributed by atoms with van der Waals surface area (Å²) in [5.41, 5.74) is 0. The van der Waals surface area contributed by atoms with Crippen LogP contribution in [-0.2, 0) is 4.79 Å². The van der Waals surface area contributed by atoms with E-state index in [2.05, 4.69) is 0 Å². The Bertz CT molecular complexity index is 247. The van der Waals surface area contributed by atoms with Crippen LogP contribution in [0, 0.1) is 0 Å². The van der Waals surface area contributed by atoms with E-state index in [1.165, 1.54) is 0 Å². The Kier molecular flexibility index (Phi) is 1.48. The summed E-state index contributed by atoms with van der Waals surface area (Å²) in [6.07, 6.45) is -0.413. The maximum atomic E-state index is 10.6. The van der Waals surface area contributed by atoms with Crippen molar-refractivity contribution in [2.24, 2.45) is 0 Å². The zero-order valence-electron chi connectivity index (χ0n) is 5.40. The van der Waals surface area contributed by atoms with E-state index in [9.17, 15) is 4.79 Å². The molecule has 0 unspecified atom stereocenters. The summed E-state index contributed by atoms with van der Waals surface area (Å²) in [7, 11) is 0. The average Bonchev–Trinajstić information content (AvgIpc) is 1.97. The van der Waals surface area contributed by atoms with Crippen molar-refractivity contribution >= 4 is 5.78 Å². The Morgan fingerprint density at radius 3 is 1.64 bits per heavy atom. The highest BCUT2D eigenvalue weighted by molar-refractivity contribution is 6.06. The SMILES string of the molecule is O=C1C(O)=C(O)CC(O)=C1O. The van der Waals surface area contributed by atoms with E-state index in [0.29, 0.717) is 0 Å².